The molecule has 0 saturated heterocycles. The second-order valence-electron chi connectivity index (χ2n) is 5.50. The third kappa shape index (κ3) is 4.19. The number of hydrogen-bond donors (Lipinski definition) is 0. The maximum Gasteiger partial charge on any atom is 0.179 e. The number of benzene rings is 1. The van der Waals surface area contributed by atoms with Crippen LogP contribution in [0.15, 0.2) is 36.0 Å². The van der Waals surface area contributed by atoms with Crippen molar-refractivity contribution < 1.29 is 4.79 Å². The Balaban J connectivity index is 2.39. The molecule has 0 aliphatic heterocycles. The fraction of sp³-hybridized carbons (Fsp3) is 0.500. The lowest BCUT2D eigenvalue weighted by Crippen LogP contribution is -2.32. The minimum atomic E-state index is 0.322. The molecular formula is C18H24BrNO. The summed E-state index contributed by atoms with van der Waals surface area (Å²) in [7, 11) is 0. The Bertz CT molecular complexity index is 495. The summed E-state index contributed by atoms with van der Waals surface area (Å²) in [5.74, 6) is 0.322. The highest BCUT2D eigenvalue weighted by atomic mass is 79.9. The van der Waals surface area contributed by atoms with Crippen LogP contribution < -0.4 is 0 Å². The van der Waals surface area contributed by atoms with E-state index in [9.17, 15) is 4.79 Å². The Morgan fingerprint density at radius 3 is 2.57 bits per heavy atom. The summed E-state index contributed by atoms with van der Waals surface area (Å²) in [5.41, 5.74) is 3.44. The lowest BCUT2D eigenvalue weighted by atomic mass is 9.89. The highest BCUT2D eigenvalue weighted by Crippen LogP contribution is 2.32. The summed E-state index contributed by atoms with van der Waals surface area (Å²) in [5, 5.41) is 0.982. The summed E-state index contributed by atoms with van der Waals surface area (Å²) in [6.07, 6.45) is 4.82. The summed E-state index contributed by atoms with van der Waals surface area (Å²) < 4.78 is 0. The fourth-order valence-electron chi connectivity index (χ4n) is 2.97. The van der Waals surface area contributed by atoms with Gasteiger partial charge in [0, 0.05) is 24.8 Å². The molecule has 114 valence electrons. The van der Waals surface area contributed by atoms with E-state index >= 15 is 0 Å². The number of alkyl halides is 1. The molecule has 0 radical (unpaired) electrons. The first-order chi connectivity index (χ1) is 10.3. The largest absolute Gasteiger partial charge is 0.368 e. The molecule has 1 aliphatic carbocycles. The molecule has 1 aromatic rings. The zero-order valence-corrected chi connectivity index (χ0v) is 14.4. The summed E-state index contributed by atoms with van der Waals surface area (Å²) in [4.78, 5) is 14.9. The van der Waals surface area contributed by atoms with Gasteiger partial charge in [-0.1, -0.05) is 53.2 Å². The van der Waals surface area contributed by atoms with E-state index < -0.39 is 0 Å². The fourth-order valence-corrected chi connectivity index (χ4v) is 3.23. The van der Waals surface area contributed by atoms with Crippen LogP contribution in [-0.2, 0) is 4.79 Å². The van der Waals surface area contributed by atoms with Crippen LogP contribution in [0.5, 0.6) is 0 Å². The van der Waals surface area contributed by atoms with Crippen LogP contribution in [0.2, 0.25) is 0 Å². The number of rotatable bonds is 7. The van der Waals surface area contributed by atoms with Crippen LogP contribution in [0.3, 0.4) is 0 Å². The van der Waals surface area contributed by atoms with Crippen molar-refractivity contribution in [1.29, 1.82) is 0 Å². The van der Waals surface area contributed by atoms with Crippen molar-refractivity contribution >= 4 is 27.3 Å². The van der Waals surface area contributed by atoms with Crippen molar-refractivity contribution in [3.63, 3.8) is 0 Å². The molecule has 2 rings (SSSR count). The lowest BCUT2D eigenvalue weighted by molar-refractivity contribution is -0.117. The number of carbonyl (C=O) groups is 1. The van der Waals surface area contributed by atoms with Crippen molar-refractivity contribution in [2.45, 2.75) is 39.0 Å². The number of nitrogens with zero attached hydrogens (tertiary/aromatic N) is 1. The average molecular weight is 350 g/mol. The SMILES string of the molecule is CCCN(CCCBr)C1=C(c2ccccc2)CCCC1=O. The third-order valence-corrected chi connectivity index (χ3v) is 4.43. The van der Waals surface area contributed by atoms with E-state index in [4.69, 9.17) is 0 Å². The molecule has 0 amide bonds. The minimum absolute atomic E-state index is 0.322. The molecule has 3 heteroatoms. The number of hydrogen-bond acceptors (Lipinski definition) is 2. The first-order valence-electron chi connectivity index (χ1n) is 7.90. The van der Waals surface area contributed by atoms with E-state index in [1.165, 1.54) is 11.1 Å². The summed E-state index contributed by atoms with van der Waals surface area (Å²) in [6.45, 7) is 4.10. The molecular weight excluding hydrogens is 326 g/mol. The second kappa shape index (κ2) is 8.38. The van der Waals surface area contributed by atoms with E-state index in [-0.39, 0.29) is 0 Å². The molecule has 1 aliphatic rings. The highest BCUT2D eigenvalue weighted by Gasteiger charge is 2.25. The van der Waals surface area contributed by atoms with Crippen molar-refractivity contribution in [3.05, 3.63) is 41.6 Å². The molecule has 0 saturated carbocycles. The van der Waals surface area contributed by atoms with Crippen LogP contribution >= 0.6 is 15.9 Å². The van der Waals surface area contributed by atoms with Crippen LogP contribution in [0.1, 0.15) is 44.6 Å². The van der Waals surface area contributed by atoms with Gasteiger partial charge in [0.2, 0.25) is 0 Å². The summed E-state index contributed by atoms with van der Waals surface area (Å²) >= 11 is 3.50. The zero-order valence-electron chi connectivity index (χ0n) is 12.8. The van der Waals surface area contributed by atoms with E-state index in [1.54, 1.807) is 0 Å². The summed E-state index contributed by atoms with van der Waals surface area (Å²) in [6, 6.07) is 10.4. The van der Waals surface area contributed by atoms with Crippen molar-refractivity contribution in [1.82, 2.24) is 4.90 Å². The van der Waals surface area contributed by atoms with Crippen LogP contribution in [0.4, 0.5) is 0 Å². The van der Waals surface area contributed by atoms with Crippen molar-refractivity contribution in [2.75, 3.05) is 18.4 Å². The topological polar surface area (TPSA) is 20.3 Å². The van der Waals surface area contributed by atoms with Gasteiger partial charge in [0.15, 0.2) is 5.78 Å². The molecule has 0 spiro atoms. The number of ketones is 1. The Labute approximate surface area is 136 Å². The number of Topliss-reactive ketones (excluding diaryl/α,β-unsaturated/α-hetero) is 1. The molecule has 0 fully saturated rings. The third-order valence-electron chi connectivity index (χ3n) is 3.87. The van der Waals surface area contributed by atoms with E-state index in [0.717, 1.165) is 49.8 Å². The first-order valence-corrected chi connectivity index (χ1v) is 9.02. The van der Waals surface area contributed by atoms with Gasteiger partial charge < -0.3 is 4.90 Å². The Kier molecular flexibility index (Phi) is 6.50. The van der Waals surface area contributed by atoms with Crippen LogP contribution in [0, 0.1) is 0 Å². The van der Waals surface area contributed by atoms with Crippen LogP contribution in [0.25, 0.3) is 5.57 Å². The maximum atomic E-state index is 12.5. The van der Waals surface area contributed by atoms with Gasteiger partial charge in [0.1, 0.15) is 0 Å². The quantitative estimate of drug-likeness (QED) is 0.668. The van der Waals surface area contributed by atoms with Crippen molar-refractivity contribution in [2.24, 2.45) is 0 Å². The van der Waals surface area contributed by atoms with Gasteiger partial charge in [-0.15, -0.1) is 0 Å². The van der Waals surface area contributed by atoms with Gasteiger partial charge in [0.25, 0.3) is 0 Å². The monoisotopic (exact) mass is 349 g/mol. The molecule has 0 bridgehead atoms. The van der Waals surface area contributed by atoms with E-state index in [1.807, 2.05) is 6.07 Å². The average Bonchev–Trinajstić information content (AvgIpc) is 2.52. The normalized spacial score (nSPS) is 15.4. The predicted molar refractivity (Wildman–Crippen MR) is 92.5 cm³/mol. The number of allylic oxidation sites excluding steroid dienone is 2. The Morgan fingerprint density at radius 1 is 1.14 bits per heavy atom. The smallest absolute Gasteiger partial charge is 0.179 e. The molecule has 1 aromatic carbocycles. The minimum Gasteiger partial charge on any atom is -0.368 e. The molecule has 0 aromatic heterocycles. The van der Waals surface area contributed by atoms with Gasteiger partial charge in [-0.2, -0.15) is 0 Å². The van der Waals surface area contributed by atoms with Crippen LogP contribution in [-0.4, -0.2) is 29.1 Å². The number of halogens is 1. The highest BCUT2D eigenvalue weighted by molar-refractivity contribution is 9.09. The molecule has 21 heavy (non-hydrogen) atoms. The van der Waals surface area contributed by atoms with Gasteiger partial charge in [-0.05, 0) is 36.8 Å². The first kappa shape index (κ1) is 16.3. The van der Waals surface area contributed by atoms with Gasteiger partial charge >= 0.3 is 0 Å². The van der Waals surface area contributed by atoms with Crippen molar-refractivity contribution in [3.8, 4) is 0 Å². The van der Waals surface area contributed by atoms with E-state index in [2.05, 4.69) is 52.0 Å². The van der Waals surface area contributed by atoms with E-state index in [0.29, 0.717) is 12.2 Å². The Morgan fingerprint density at radius 2 is 1.90 bits per heavy atom. The number of carbonyl (C=O) groups excluding carboxylic acids is 1. The lowest BCUT2D eigenvalue weighted by Gasteiger charge is -2.31. The van der Waals surface area contributed by atoms with Gasteiger partial charge in [0.05, 0.1) is 5.70 Å². The molecule has 0 heterocycles. The molecule has 0 unspecified atom stereocenters. The predicted octanol–water partition coefficient (Wildman–Crippen LogP) is 4.65. The second-order valence-corrected chi connectivity index (χ2v) is 6.29. The standard InChI is InChI=1S/C18H24BrNO/c1-2-13-20(14-7-12-19)18-16(10-6-11-17(18)21)15-8-4-3-5-9-15/h3-5,8-9H,2,6-7,10-14H2,1H3. The maximum absolute atomic E-state index is 12.5. The Hall–Kier alpha value is -1.09. The zero-order chi connectivity index (χ0) is 15.1. The molecule has 2 nitrogen and oxygen atoms in total. The van der Waals surface area contributed by atoms with Gasteiger partial charge in [-0.3, -0.25) is 4.79 Å². The molecule has 0 atom stereocenters. The van der Waals surface area contributed by atoms with Gasteiger partial charge in [-0.25, -0.2) is 0 Å². The molecule has 0 N–H and O–H groups in total.